The fraction of sp³-hybridized carbons (Fsp3) is 0.300. The SMILES string of the molecule is CN(C)c1ccc(F)cc1C(N)C(=O)O. The van der Waals surface area contributed by atoms with Crippen LogP contribution in [0.5, 0.6) is 0 Å². The molecule has 0 fully saturated rings. The molecule has 0 radical (unpaired) electrons. The van der Waals surface area contributed by atoms with Crippen LogP contribution >= 0.6 is 0 Å². The highest BCUT2D eigenvalue weighted by Gasteiger charge is 2.19. The fourth-order valence-corrected chi connectivity index (χ4v) is 1.31. The van der Waals surface area contributed by atoms with Gasteiger partial charge in [-0.3, -0.25) is 4.79 Å². The van der Waals surface area contributed by atoms with Gasteiger partial charge >= 0.3 is 5.97 Å². The van der Waals surface area contributed by atoms with Crippen LogP contribution in [-0.2, 0) is 4.79 Å². The van der Waals surface area contributed by atoms with Crippen molar-refractivity contribution in [3.8, 4) is 0 Å². The van der Waals surface area contributed by atoms with Crippen molar-refractivity contribution in [2.75, 3.05) is 19.0 Å². The Balaban J connectivity index is 3.24. The van der Waals surface area contributed by atoms with Crippen LogP contribution in [-0.4, -0.2) is 25.2 Å². The van der Waals surface area contributed by atoms with Crippen molar-refractivity contribution in [3.63, 3.8) is 0 Å². The highest BCUT2D eigenvalue weighted by Crippen LogP contribution is 2.24. The molecule has 5 heteroatoms. The first-order chi connectivity index (χ1) is 6.93. The fourth-order valence-electron chi connectivity index (χ4n) is 1.31. The van der Waals surface area contributed by atoms with Gasteiger partial charge in [-0.05, 0) is 18.2 Å². The van der Waals surface area contributed by atoms with Crippen LogP contribution in [0.2, 0.25) is 0 Å². The maximum absolute atomic E-state index is 13.0. The lowest BCUT2D eigenvalue weighted by atomic mass is 10.0. The van der Waals surface area contributed by atoms with E-state index in [1.807, 2.05) is 0 Å². The first-order valence-electron chi connectivity index (χ1n) is 4.38. The third-order valence-corrected chi connectivity index (χ3v) is 2.07. The summed E-state index contributed by atoms with van der Waals surface area (Å²) in [6.45, 7) is 0. The van der Waals surface area contributed by atoms with Crippen molar-refractivity contribution < 1.29 is 14.3 Å². The summed E-state index contributed by atoms with van der Waals surface area (Å²) in [7, 11) is 3.48. The number of benzene rings is 1. The summed E-state index contributed by atoms with van der Waals surface area (Å²) < 4.78 is 13.0. The molecule has 0 bridgehead atoms. The third kappa shape index (κ3) is 2.44. The van der Waals surface area contributed by atoms with Crippen LogP contribution in [0, 0.1) is 5.82 Å². The van der Waals surface area contributed by atoms with Gasteiger partial charge in [0.05, 0.1) is 0 Å². The van der Waals surface area contributed by atoms with Crippen molar-refractivity contribution in [3.05, 3.63) is 29.6 Å². The zero-order valence-electron chi connectivity index (χ0n) is 8.57. The van der Waals surface area contributed by atoms with Gasteiger partial charge in [0.25, 0.3) is 0 Å². The molecule has 3 N–H and O–H groups in total. The van der Waals surface area contributed by atoms with E-state index in [1.165, 1.54) is 12.1 Å². The molecule has 0 saturated carbocycles. The first-order valence-corrected chi connectivity index (χ1v) is 4.38. The number of aliphatic carboxylic acids is 1. The van der Waals surface area contributed by atoms with Crippen molar-refractivity contribution in [2.45, 2.75) is 6.04 Å². The molecule has 0 aliphatic carbocycles. The molecule has 0 heterocycles. The smallest absolute Gasteiger partial charge is 0.325 e. The number of halogens is 1. The van der Waals surface area contributed by atoms with Gasteiger partial charge in [-0.15, -0.1) is 0 Å². The number of hydrogen-bond donors (Lipinski definition) is 2. The van der Waals surface area contributed by atoms with E-state index in [9.17, 15) is 9.18 Å². The van der Waals surface area contributed by atoms with E-state index in [1.54, 1.807) is 19.0 Å². The van der Waals surface area contributed by atoms with E-state index in [0.717, 1.165) is 6.07 Å². The van der Waals surface area contributed by atoms with E-state index in [0.29, 0.717) is 5.69 Å². The third-order valence-electron chi connectivity index (χ3n) is 2.07. The lowest BCUT2D eigenvalue weighted by Gasteiger charge is -2.19. The molecule has 1 rings (SSSR count). The molecule has 0 amide bonds. The largest absolute Gasteiger partial charge is 0.480 e. The normalized spacial score (nSPS) is 12.3. The Morgan fingerprint density at radius 3 is 2.60 bits per heavy atom. The van der Waals surface area contributed by atoms with Gasteiger partial charge in [0.2, 0.25) is 0 Å². The summed E-state index contributed by atoms with van der Waals surface area (Å²) in [4.78, 5) is 12.4. The van der Waals surface area contributed by atoms with Crippen molar-refractivity contribution in [1.82, 2.24) is 0 Å². The summed E-state index contributed by atoms with van der Waals surface area (Å²) in [5, 5.41) is 8.77. The quantitative estimate of drug-likeness (QED) is 0.783. The molecule has 0 spiro atoms. The molecule has 0 aliphatic rings. The second-order valence-electron chi connectivity index (χ2n) is 3.41. The Hall–Kier alpha value is -1.62. The summed E-state index contributed by atoms with van der Waals surface area (Å²) in [6, 6.07) is 2.72. The number of carboxylic acid groups (broad SMARTS) is 1. The number of nitrogens with two attached hydrogens (primary N) is 1. The topological polar surface area (TPSA) is 66.6 Å². The molecular weight excluding hydrogens is 199 g/mol. The Morgan fingerprint density at radius 2 is 2.13 bits per heavy atom. The second kappa shape index (κ2) is 4.27. The van der Waals surface area contributed by atoms with E-state index in [4.69, 9.17) is 10.8 Å². The molecule has 0 aliphatic heterocycles. The van der Waals surface area contributed by atoms with Crippen molar-refractivity contribution >= 4 is 11.7 Å². The Bertz CT molecular complexity index is 380. The first kappa shape index (κ1) is 11.5. The summed E-state index contributed by atoms with van der Waals surface area (Å²) in [6.07, 6.45) is 0. The van der Waals surface area contributed by atoms with Gasteiger partial charge in [0.15, 0.2) is 0 Å². The molecular formula is C10H13FN2O2. The molecule has 1 aromatic carbocycles. The zero-order valence-corrected chi connectivity index (χ0v) is 8.57. The molecule has 4 nitrogen and oxygen atoms in total. The minimum Gasteiger partial charge on any atom is -0.480 e. The van der Waals surface area contributed by atoms with Crippen LogP contribution in [0.4, 0.5) is 10.1 Å². The maximum Gasteiger partial charge on any atom is 0.325 e. The number of anilines is 1. The standard InChI is InChI=1S/C10H13FN2O2/c1-13(2)8-4-3-6(11)5-7(8)9(12)10(14)15/h3-5,9H,12H2,1-2H3,(H,14,15). The van der Waals surface area contributed by atoms with Crippen LogP contribution in [0.25, 0.3) is 0 Å². The van der Waals surface area contributed by atoms with Gasteiger partial charge < -0.3 is 15.7 Å². The van der Waals surface area contributed by atoms with Gasteiger partial charge in [0.1, 0.15) is 11.9 Å². The number of carbonyl (C=O) groups is 1. The van der Waals surface area contributed by atoms with E-state index in [2.05, 4.69) is 0 Å². The van der Waals surface area contributed by atoms with Crippen LogP contribution < -0.4 is 10.6 Å². The zero-order chi connectivity index (χ0) is 11.6. The molecule has 1 atom stereocenters. The number of carboxylic acids is 1. The monoisotopic (exact) mass is 212 g/mol. The number of rotatable bonds is 3. The Morgan fingerprint density at radius 1 is 1.53 bits per heavy atom. The molecule has 82 valence electrons. The molecule has 0 saturated heterocycles. The predicted molar refractivity (Wildman–Crippen MR) is 55.3 cm³/mol. The summed E-state index contributed by atoms with van der Waals surface area (Å²) in [5.74, 6) is -1.67. The average molecular weight is 212 g/mol. The van der Waals surface area contributed by atoms with Gasteiger partial charge in [0, 0.05) is 25.3 Å². The number of hydrogen-bond acceptors (Lipinski definition) is 3. The minimum atomic E-state index is -1.21. The van der Waals surface area contributed by atoms with E-state index in [-0.39, 0.29) is 5.56 Å². The number of nitrogens with zero attached hydrogens (tertiary/aromatic N) is 1. The van der Waals surface area contributed by atoms with Crippen molar-refractivity contribution in [2.24, 2.45) is 5.73 Å². The minimum absolute atomic E-state index is 0.271. The molecule has 1 aromatic rings. The van der Waals surface area contributed by atoms with E-state index >= 15 is 0 Å². The van der Waals surface area contributed by atoms with Crippen LogP contribution in [0.3, 0.4) is 0 Å². The molecule has 1 unspecified atom stereocenters. The Labute approximate surface area is 87.1 Å². The van der Waals surface area contributed by atoms with Crippen LogP contribution in [0.1, 0.15) is 11.6 Å². The Kier molecular flexibility index (Phi) is 3.26. The predicted octanol–water partition coefficient (Wildman–Crippen LogP) is 0.976. The van der Waals surface area contributed by atoms with Gasteiger partial charge in [-0.1, -0.05) is 0 Å². The van der Waals surface area contributed by atoms with Crippen molar-refractivity contribution in [1.29, 1.82) is 0 Å². The lowest BCUT2D eigenvalue weighted by molar-refractivity contribution is -0.138. The average Bonchev–Trinajstić information content (AvgIpc) is 2.15. The molecule has 0 aromatic heterocycles. The molecule has 15 heavy (non-hydrogen) atoms. The highest BCUT2D eigenvalue weighted by atomic mass is 19.1. The second-order valence-corrected chi connectivity index (χ2v) is 3.41. The maximum atomic E-state index is 13.0. The van der Waals surface area contributed by atoms with Gasteiger partial charge in [-0.25, -0.2) is 4.39 Å². The summed E-state index contributed by atoms with van der Waals surface area (Å²) >= 11 is 0. The van der Waals surface area contributed by atoms with E-state index < -0.39 is 17.8 Å². The highest BCUT2D eigenvalue weighted by molar-refractivity contribution is 5.78. The van der Waals surface area contributed by atoms with Crippen LogP contribution in [0.15, 0.2) is 18.2 Å². The summed E-state index contributed by atoms with van der Waals surface area (Å²) in [5.41, 5.74) is 6.33. The van der Waals surface area contributed by atoms with Gasteiger partial charge in [-0.2, -0.15) is 0 Å². The lowest BCUT2D eigenvalue weighted by Crippen LogP contribution is -2.24.